The Balaban J connectivity index is 1.65. The predicted octanol–water partition coefficient (Wildman–Crippen LogP) is 3.14. The van der Waals surface area contributed by atoms with E-state index in [2.05, 4.69) is 17.9 Å². The lowest BCUT2D eigenvalue weighted by molar-refractivity contribution is -0.0373. The average Bonchev–Trinajstić information content (AvgIpc) is 2.58. The van der Waals surface area contributed by atoms with E-state index >= 15 is 0 Å². The molecule has 120 valence electrons. The molecule has 1 fully saturated rings. The lowest BCUT2D eigenvalue weighted by Gasteiger charge is -2.43. The summed E-state index contributed by atoms with van der Waals surface area (Å²) in [6.45, 7) is 3.24. The second-order valence-corrected chi connectivity index (χ2v) is 5.84. The molecule has 0 aromatic heterocycles. The molecule has 2 aliphatic heterocycles. The van der Waals surface area contributed by atoms with Crippen molar-refractivity contribution in [1.82, 2.24) is 4.90 Å². The highest BCUT2D eigenvalue weighted by Crippen LogP contribution is 2.29. The molecule has 2 heterocycles. The second-order valence-electron chi connectivity index (χ2n) is 5.84. The summed E-state index contributed by atoms with van der Waals surface area (Å²) in [6, 6.07) is 9.75. The number of rotatable bonds is 3. The third kappa shape index (κ3) is 3.75. The molecule has 0 saturated carbocycles. The molecule has 1 amide bonds. The summed E-state index contributed by atoms with van der Waals surface area (Å²) >= 11 is 0. The molecule has 0 radical (unpaired) electrons. The lowest BCUT2D eigenvalue weighted by Crippen LogP contribution is -2.56. The van der Waals surface area contributed by atoms with Crippen LogP contribution in [0.1, 0.15) is 25.3 Å². The van der Waals surface area contributed by atoms with Crippen molar-refractivity contribution in [3.05, 3.63) is 47.5 Å². The molecule has 0 aliphatic carbocycles. The van der Waals surface area contributed by atoms with Crippen LogP contribution < -0.4 is 0 Å². The van der Waals surface area contributed by atoms with Crippen molar-refractivity contribution in [3.8, 4) is 11.8 Å². The Morgan fingerprint density at radius 3 is 2.91 bits per heavy atom. The van der Waals surface area contributed by atoms with Crippen LogP contribution in [0.2, 0.25) is 0 Å². The van der Waals surface area contributed by atoms with Crippen LogP contribution >= 0.6 is 0 Å². The van der Waals surface area contributed by atoms with Gasteiger partial charge in [0.1, 0.15) is 6.61 Å². The standard InChI is InChI=1S/C19H21NO3/c1-2-3-7-16-10-17-13-22-14-18(11-16)20(17)19(21)23-12-15-8-5-4-6-9-15/h4-6,8-10,17-18H,7,11-14H2,1H3. The van der Waals surface area contributed by atoms with Crippen molar-refractivity contribution >= 4 is 6.09 Å². The summed E-state index contributed by atoms with van der Waals surface area (Å²) in [5.74, 6) is 6.03. The molecule has 0 spiro atoms. The topological polar surface area (TPSA) is 38.8 Å². The first-order chi connectivity index (χ1) is 11.3. The molecule has 4 nitrogen and oxygen atoms in total. The Labute approximate surface area is 137 Å². The van der Waals surface area contributed by atoms with Crippen molar-refractivity contribution in [2.45, 2.75) is 38.5 Å². The van der Waals surface area contributed by atoms with Crippen LogP contribution in [0.4, 0.5) is 4.79 Å². The third-order valence-electron chi connectivity index (χ3n) is 4.18. The number of amides is 1. The van der Waals surface area contributed by atoms with Gasteiger partial charge in [0.15, 0.2) is 0 Å². The molecule has 2 atom stereocenters. The summed E-state index contributed by atoms with van der Waals surface area (Å²) in [7, 11) is 0. The van der Waals surface area contributed by atoms with Gasteiger partial charge in [-0.2, -0.15) is 0 Å². The number of hydrogen-bond acceptors (Lipinski definition) is 3. The average molecular weight is 311 g/mol. The Hall–Kier alpha value is -2.25. The monoisotopic (exact) mass is 311 g/mol. The summed E-state index contributed by atoms with van der Waals surface area (Å²) in [6.07, 6.45) is 3.44. The van der Waals surface area contributed by atoms with Crippen LogP contribution in [0.15, 0.2) is 42.0 Å². The SMILES string of the molecule is CC#CCC1=CC2COCC(C1)N2C(=O)OCc1ccccc1. The normalized spacial score (nSPS) is 22.7. The fourth-order valence-electron chi connectivity index (χ4n) is 3.10. The molecule has 1 saturated heterocycles. The van der Waals surface area contributed by atoms with E-state index in [4.69, 9.17) is 9.47 Å². The Morgan fingerprint density at radius 1 is 1.35 bits per heavy atom. The fraction of sp³-hybridized carbons (Fsp3) is 0.421. The zero-order valence-corrected chi connectivity index (χ0v) is 13.3. The van der Waals surface area contributed by atoms with E-state index in [1.54, 1.807) is 0 Å². The van der Waals surface area contributed by atoms with Crippen LogP contribution in [0.5, 0.6) is 0 Å². The zero-order chi connectivity index (χ0) is 16.1. The van der Waals surface area contributed by atoms with E-state index in [0.717, 1.165) is 18.4 Å². The van der Waals surface area contributed by atoms with Crippen molar-refractivity contribution < 1.29 is 14.3 Å². The maximum absolute atomic E-state index is 12.5. The van der Waals surface area contributed by atoms with Gasteiger partial charge in [-0.05, 0) is 18.9 Å². The van der Waals surface area contributed by atoms with Gasteiger partial charge in [-0.15, -0.1) is 5.92 Å². The van der Waals surface area contributed by atoms with Crippen LogP contribution in [-0.2, 0) is 16.1 Å². The van der Waals surface area contributed by atoms with Gasteiger partial charge in [-0.25, -0.2) is 4.79 Å². The Bertz CT molecular complexity index is 642. The Morgan fingerprint density at radius 2 is 2.17 bits per heavy atom. The zero-order valence-electron chi connectivity index (χ0n) is 13.3. The number of nitrogens with zero attached hydrogens (tertiary/aromatic N) is 1. The smallest absolute Gasteiger partial charge is 0.411 e. The molecule has 23 heavy (non-hydrogen) atoms. The first kappa shape index (κ1) is 15.6. The molecule has 1 aromatic carbocycles. The van der Waals surface area contributed by atoms with E-state index in [1.165, 1.54) is 5.57 Å². The van der Waals surface area contributed by atoms with Gasteiger partial charge >= 0.3 is 6.09 Å². The minimum absolute atomic E-state index is 0.0422. The van der Waals surface area contributed by atoms with Crippen LogP contribution in [0.3, 0.4) is 0 Å². The fourth-order valence-corrected chi connectivity index (χ4v) is 3.10. The maximum Gasteiger partial charge on any atom is 0.411 e. The molecule has 2 unspecified atom stereocenters. The summed E-state index contributed by atoms with van der Waals surface area (Å²) in [5, 5.41) is 0. The highest BCUT2D eigenvalue weighted by Gasteiger charge is 2.38. The van der Waals surface area contributed by atoms with E-state index in [1.807, 2.05) is 42.2 Å². The number of hydrogen-bond donors (Lipinski definition) is 0. The van der Waals surface area contributed by atoms with Crippen LogP contribution in [0.25, 0.3) is 0 Å². The summed E-state index contributed by atoms with van der Waals surface area (Å²) in [5.41, 5.74) is 2.29. The van der Waals surface area contributed by atoms with E-state index in [0.29, 0.717) is 19.8 Å². The predicted molar refractivity (Wildman–Crippen MR) is 87.6 cm³/mol. The largest absolute Gasteiger partial charge is 0.445 e. The van der Waals surface area contributed by atoms with Gasteiger partial charge in [-0.1, -0.05) is 47.9 Å². The highest BCUT2D eigenvalue weighted by atomic mass is 16.6. The minimum Gasteiger partial charge on any atom is -0.445 e. The number of carbonyl (C=O) groups is 1. The van der Waals surface area contributed by atoms with E-state index in [-0.39, 0.29) is 18.2 Å². The highest BCUT2D eigenvalue weighted by molar-refractivity contribution is 5.69. The van der Waals surface area contributed by atoms with Crippen molar-refractivity contribution in [3.63, 3.8) is 0 Å². The maximum atomic E-state index is 12.5. The van der Waals surface area contributed by atoms with Crippen LogP contribution in [0, 0.1) is 11.8 Å². The molecule has 2 bridgehead atoms. The van der Waals surface area contributed by atoms with E-state index in [9.17, 15) is 4.79 Å². The first-order valence-corrected chi connectivity index (χ1v) is 7.94. The molecular weight excluding hydrogens is 290 g/mol. The van der Waals surface area contributed by atoms with Gasteiger partial charge in [0.2, 0.25) is 0 Å². The third-order valence-corrected chi connectivity index (χ3v) is 4.18. The van der Waals surface area contributed by atoms with Crippen LogP contribution in [-0.4, -0.2) is 36.3 Å². The molecular formula is C19H21NO3. The lowest BCUT2D eigenvalue weighted by atomic mass is 9.93. The minimum atomic E-state index is -0.260. The van der Waals surface area contributed by atoms with Gasteiger partial charge in [-0.3, -0.25) is 4.90 Å². The summed E-state index contributed by atoms with van der Waals surface area (Å²) < 4.78 is 11.1. The number of fused-ring (bicyclic) bond motifs is 2. The van der Waals surface area contributed by atoms with Crippen molar-refractivity contribution in [2.75, 3.05) is 13.2 Å². The molecule has 2 aliphatic rings. The quantitative estimate of drug-likeness (QED) is 0.636. The van der Waals surface area contributed by atoms with Gasteiger partial charge in [0.25, 0.3) is 0 Å². The van der Waals surface area contributed by atoms with Crippen molar-refractivity contribution in [1.29, 1.82) is 0 Å². The number of morpholine rings is 1. The molecule has 1 aromatic rings. The van der Waals surface area contributed by atoms with E-state index < -0.39 is 0 Å². The van der Waals surface area contributed by atoms with Gasteiger partial charge in [0, 0.05) is 6.42 Å². The number of carbonyl (C=O) groups excluding carboxylic acids is 1. The number of ether oxygens (including phenoxy) is 2. The molecule has 4 heteroatoms. The van der Waals surface area contributed by atoms with Gasteiger partial charge in [0.05, 0.1) is 25.3 Å². The first-order valence-electron chi connectivity index (χ1n) is 7.94. The second kappa shape index (κ2) is 7.34. The Kier molecular flexibility index (Phi) is 4.99. The molecule has 3 rings (SSSR count). The number of benzene rings is 1. The van der Waals surface area contributed by atoms with Gasteiger partial charge < -0.3 is 9.47 Å². The molecule has 0 N–H and O–H groups in total. The summed E-state index contributed by atoms with van der Waals surface area (Å²) in [4.78, 5) is 14.3. The van der Waals surface area contributed by atoms with Crippen molar-refractivity contribution in [2.24, 2.45) is 0 Å².